The van der Waals surface area contributed by atoms with E-state index < -0.39 is 6.04 Å². The van der Waals surface area contributed by atoms with Crippen LogP contribution in [0.15, 0.2) is 66.0 Å². The van der Waals surface area contributed by atoms with Gasteiger partial charge in [-0.3, -0.25) is 14.5 Å². The molecule has 2 N–H and O–H groups in total. The standard InChI is InChI=1S/C25H26ClN3O2S/c1-17-9-10-20(16-21(17)26)28-25(31)23(18-6-3-2-4-7-18)29-13-11-19(12-14-29)27-24(30)22-8-5-15-32-22/h2-10,15-16,19,23H,11-14H2,1H3,(H,27,30)(H,28,31). The third-order valence-corrected chi connectivity index (χ3v) is 7.05. The van der Waals surface area contributed by atoms with Crippen LogP contribution < -0.4 is 10.6 Å². The highest BCUT2D eigenvalue weighted by Gasteiger charge is 2.31. The zero-order chi connectivity index (χ0) is 22.5. The normalized spacial score (nSPS) is 15.8. The Labute approximate surface area is 197 Å². The minimum absolute atomic E-state index is 0.0212. The van der Waals surface area contributed by atoms with Crippen molar-refractivity contribution < 1.29 is 9.59 Å². The van der Waals surface area contributed by atoms with Gasteiger partial charge in [-0.15, -0.1) is 11.3 Å². The number of carbonyl (C=O) groups is 2. The van der Waals surface area contributed by atoms with E-state index >= 15 is 0 Å². The average molecular weight is 468 g/mol. The van der Waals surface area contributed by atoms with Crippen LogP contribution in [-0.4, -0.2) is 35.8 Å². The second kappa shape index (κ2) is 10.3. The fraction of sp³-hybridized carbons (Fsp3) is 0.280. The summed E-state index contributed by atoms with van der Waals surface area (Å²) in [5.74, 6) is -0.107. The van der Waals surface area contributed by atoms with Crippen LogP contribution in [0.3, 0.4) is 0 Å². The lowest BCUT2D eigenvalue weighted by atomic mass is 9.98. The predicted octanol–water partition coefficient (Wildman–Crippen LogP) is 5.28. The van der Waals surface area contributed by atoms with Gasteiger partial charge in [-0.25, -0.2) is 0 Å². The first-order valence-corrected chi connectivity index (χ1v) is 12.0. The molecule has 1 fully saturated rings. The molecule has 2 heterocycles. The van der Waals surface area contributed by atoms with Gasteiger partial charge < -0.3 is 10.6 Å². The molecule has 1 aromatic heterocycles. The molecule has 0 bridgehead atoms. The molecule has 7 heteroatoms. The SMILES string of the molecule is Cc1ccc(NC(=O)C(c2ccccc2)N2CCC(NC(=O)c3cccs3)CC2)cc1Cl. The van der Waals surface area contributed by atoms with Gasteiger partial charge in [0.1, 0.15) is 6.04 Å². The summed E-state index contributed by atoms with van der Waals surface area (Å²) in [5, 5.41) is 8.70. The van der Waals surface area contributed by atoms with Crippen molar-refractivity contribution in [3.05, 3.63) is 87.1 Å². The van der Waals surface area contributed by atoms with Crippen LogP contribution in [0.5, 0.6) is 0 Å². The van der Waals surface area contributed by atoms with E-state index in [1.165, 1.54) is 11.3 Å². The number of hydrogen-bond donors (Lipinski definition) is 2. The molecule has 2 aromatic carbocycles. The second-order valence-corrected chi connectivity index (χ2v) is 9.38. The summed E-state index contributed by atoms with van der Waals surface area (Å²) < 4.78 is 0. The molecule has 1 atom stereocenters. The van der Waals surface area contributed by atoms with Gasteiger partial charge in [0.05, 0.1) is 4.88 Å². The number of likely N-dealkylation sites (tertiary alicyclic amines) is 1. The number of carbonyl (C=O) groups excluding carboxylic acids is 2. The van der Waals surface area contributed by atoms with Crippen molar-refractivity contribution >= 4 is 40.4 Å². The maximum Gasteiger partial charge on any atom is 0.261 e. The maximum absolute atomic E-state index is 13.4. The number of rotatable bonds is 6. The lowest BCUT2D eigenvalue weighted by Crippen LogP contribution is -2.47. The number of benzene rings is 2. The van der Waals surface area contributed by atoms with Crippen molar-refractivity contribution in [2.45, 2.75) is 31.8 Å². The largest absolute Gasteiger partial charge is 0.349 e. The van der Waals surface area contributed by atoms with Gasteiger partial charge in [-0.05, 0) is 54.5 Å². The number of amides is 2. The molecule has 3 aromatic rings. The topological polar surface area (TPSA) is 61.4 Å². The monoisotopic (exact) mass is 467 g/mol. The van der Waals surface area contributed by atoms with Crippen LogP contribution in [0, 0.1) is 6.92 Å². The van der Waals surface area contributed by atoms with Crippen molar-refractivity contribution in [2.75, 3.05) is 18.4 Å². The Morgan fingerprint density at radius 2 is 1.81 bits per heavy atom. The highest BCUT2D eigenvalue weighted by atomic mass is 35.5. The van der Waals surface area contributed by atoms with Crippen LogP contribution in [-0.2, 0) is 4.79 Å². The van der Waals surface area contributed by atoms with Gasteiger partial charge >= 0.3 is 0 Å². The van der Waals surface area contributed by atoms with Crippen LogP contribution >= 0.6 is 22.9 Å². The number of nitrogens with zero attached hydrogens (tertiary/aromatic N) is 1. The van der Waals surface area contributed by atoms with Gasteiger partial charge in [-0.2, -0.15) is 0 Å². The Morgan fingerprint density at radius 3 is 2.47 bits per heavy atom. The third kappa shape index (κ3) is 5.38. The number of nitrogens with one attached hydrogen (secondary N) is 2. The van der Waals surface area contributed by atoms with E-state index in [9.17, 15) is 9.59 Å². The smallest absolute Gasteiger partial charge is 0.261 e. The molecule has 5 nitrogen and oxygen atoms in total. The average Bonchev–Trinajstić information content (AvgIpc) is 3.34. The van der Waals surface area contributed by atoms with Crippen molar-refractivity contribution in [1.82, 2.24) is 10.2 Å². The Kier molecular flexibility index (Phi) is 7.25. The van der Waals surface area contributed by atoms with Crippen LogP contribution in [0.25, 0.3) is 0 Å². The molecule has 1 aliphatic heterocycles. The molecular weight excluding hydrogens is 442 g/mol. The highest BCUT2D eigenvalue weighted by Crippen LogP contribution is 2.28. The van der Waals surface area contributed by atoms with E-state index in [0.717, 1.165) is 41.9 Å². The maximum atomic E-state index is 13.4. The molecule has 32 heavy (non-hydrogen) atoms. The third-order valence-electron chi connectivity index (χ3n) is 5.78. The molecule has 4 rings (SSSR count). The van der Waals surface area contributed by atoms with Crippen molar-refractivity contribution in [3.63, 3.8) is 0 Å². The minimum Gasteiger partial charge on any atom is -0.349 e. The lowest BCUT2D eigenvalue weighted by Gasteiger charge is -2.37. The van der Waals surface area contributed by atoms with E-state index in [1.54, 1.807) is 6.07 Å². The number of halogens is 1. The molecule has 2 amide bonds. The number of hydrogen-bond acceptors (Lipinski definition) is 4. The van der Waals surface area contributed by atoms with E-state index in [2.05, 4.69) is 15.5 Å². The molecule has 1 saturated heterocycles. The second-order valence-electron chi connectivity index (χ2n) is 8.03. The summed E-state index contributed by atoms with van der Waals surface area (Å²) in [6.07, 6.45) is 1.59. The first kappa shape index (κ1) is 22.5. The Morgan fingerprint density at radius 1 is 1.06 bits per heavy atom. The van der Waals surface area contributed by atoms with Gasteiger partial charge in [0.25, 0.3) is 5.91 Å². The summed E-state index contributed by atoms with van der Waals surface area (Å²) in [6, 6.07) is 18.8. The van der Waals surface area contributed by atoms with Gasteiger partial charge in [0.2, 0.25) is 5.91 Å². The van der Waals surface area contributed by atoms with Crippen LogP contribution in [0.4, 0.5) is 5.69 Å². The highest BCUT2D eigenvalue weighted by molar-refractivity contribution is 7.12. The molecular formula is C25H26ClN3O2S. The van der Waals surface area contributed by atoms with Gasteiger partial charge in [-0.1, -0.05) is 54.1 Å². The molecule has 166 valence electrons. The molecule has 1 unspecified atom stereocenters. The molecule has 0 aliphatic carbocycles. The first-order chi connectivity index (χ1) is 15.5. The lowest BCUT2D eigenvalue weighted by molar-refractivity contribution is -0.122. The van der Waals surface area contributed by atoms with Crippen molar-refractivity contribution in [1.29, 1.82) is 0 Å². The van der Waals surface area contributed by atoms with Crippen LogP contribution in [0.1, 0.15) is 39.7 Å². The Bertz CT molecular complexity index is 1060. The van der Waals surface area contributed by atoms with Gasteiger partial charge in [0, 0.05) is 29.8 Å². The molecule has 0 saturated carbocycles. The summed E-state index contributed by atoms with van der Waals surface area (Å²) >= 11 is 7.69. The summed E-state index contributed by atoms with van der Waals surface area (Å²) in [6.45, 7) is 3.37. The van der Waals surface area contributed by atoms with Crippen molar-refractivity contribution in [3.8, 4) is 0 Å². The predicted molar refractivity (Wildman–Crippen MR) is 130 cm³/mol. The zero-order valence-corrected chi connectivity index (χ0v) is 19.5. The van der Waals surface area contributed by atoms with Crippen LogP contribution in [0.2, 0.25) is 5.02 Å². The Balaban J connectivity index is 1.45. The molecule has 0 spiro atoms. The fourth-order valence-electron chi connectivity index (χ4n) is 4.01. The van der Waals surface area contributed by atoms with E-state index in [0.29, 0.717) is 10.7 Å². The zero-order valence-electron chi connectivity index (χ0n) is 17.9. The van der Waals surface area contributed by atoms with Crippen molar-refractivity contribution in [2.24, 2.45) is 0 Å². The summed E-state index contributed by atoms with van der Waals surface area (Å²) in [5.41, 5.74) is 2.60. The first-order valence-electron chi connectivity index (χ1n) is 10.7. The van der Waals surface area contributed by atoms with E-state index in [4.69, 9.17) is 11.6 Å². The Hall–Kier alpha value is -2.67. The molecule has 0 radical (unpaired) electrons. The quantitative estimate of drug-likeness (QED) is 0.518. The number of piperidine rings is 1. The number of thiophene rings is 1. The fourth-order valence-corrected chi connectivity index (χ4v) is 4.82. The minimum atomic E-state index is -0.412. The van der Waals surface area contributed by atoms with E-state index in [1.807, 2.05) is 66.9 Å². The van der Waals surface area contributed by atoms with E-state index in [-0.39, 0.29) is 17.9 Å². The van der Waals surface area contributed by atoms with Gasteiger partial charge in [0.15, 0.2) is 0 Å². The summed E-state index contributed by atoms with van der Waals surface area (Å²) in [4.78, 5) is 28.7. The number of anilines is 1. The molecule has 1 aliphatic rings. The number of aryl methyl sites for hydroxylation is 1. The summed E-state index contributed by atoms with van der Waals surface area (Å²) in [7, 11) is 0.